The minimum atomic E-state index is -0.553. The van der Waals surface area contributed by atoms with E-state index in [-0.39, 0.29) is 5.57 Å². The number of carbonyl (C=O) groups excluding carboxylic acids is 1. The number of anilines is 1. The van der Waals surface area contributed by atoms with Crippen LogP contribution < -0.4 is 24.3 Å². The highest BCUT2D eigenvalue weighted by atomic mass is 16.5. The highest BCUT2D eigenvalue weighted by Gasteiger charge is 2.13. The smallest absolute Gasteiger partial charge is 0.266 e. The third kappa shape index (κ3) is 4.70. The molecular formula is C20H20N2O5. The van der Waals surface area contributed by atoms with Gasteiger partial charge in [0.05, 0.1) is 28.4 Å². The first-order valence-corrected chi connectivity index (χ1v) is 7.93. The Morgan fingerprint density at radius 1 is 0.926 bits per heavy atom. The predicted molar refractivity (Wildman–Crippen MR) is 101 cm³/mol. The van der Waals surface area contributed by atoms with Crippen LogP contribution in [0.4, 0.5) is 5.69 Å². The Hall–Kier alpha value is -3.66. The maximum Gasteiger partial charge on any atom is 0.266 e. The number of nitrogens with zero attached hydrogens (tertiary/aromatic N) is 1. The van der Waals surface area contributed by atoms with E-state index in [4.69, 9.17) is 18.9 Å². The minimum absolute atomic E-state index is 0.0757. The van der Waals surface area contributed by atoms with Crippen molar-refractivity contribution in [2.75, 3.05) is 33.8 Å². The van der Waals surface area contributed by atoms with Crippen LogP contribution in [0.15, 0.2) is 42.0 Å². The number of benzene rings is 2. The molecule has 1 N–H and O–H groups in total. The second kappa shape index (κ2) is 9.15. The van der Waals surface area contributed by atoms with Gasteiger partial charge >= 0.3 is 0 Å². The summed E-state index contributed by atoms with van der Waals surface area (Å²) in [5.74, 6) is 1.55. The number of hydrogen-bond donors (Lipinski definition) is 1. The standard InChI is InChI=1S/C20H20N2O5/c1-24-16-7-5-13(18(11-16)26-3)9-14(12-21)20(23)22-15-6-8-17(25-2)19(10-15)27-4/h5-11H,1-4H3,(H,22,23)/b14-9+. The highest BCUT2D eigenvalue weighted by molar-refractivity contribution is 6.10. The Balaban J connectivity index is 2.29. The molecule has 0 spiro atoms. The van der Waals surface area contributed by atoms with Gasteiger partial charge in [-0.15, -0.1) is 0 Å². The average Bonchev–Trinajstić information content (AvgIpc) is 2.71. The maximum atomic E-state index is 12.5. The summed E-state index contributed by atoms with van der Waals surface area (Å²) in [5.41, 5.74) is 0.978. The van der Waals surface area contributed by atoms with Crippen LogP contribution in [0, 0.1) is 11.3 Å². The van der Waals surface area contributed by atoms with Crippen LogP contribution in [0.25, 0.3) is 6.08 Å². The molecule has 0 radical (unpaired) electrons. The summed E-state index contributed by atoms with van der Waals surface area (Å²) >= 11 is 0. The van der Waals surface area contributed by atoms with E-state index in [0.717, 1.165) is 0 Å². The summed E-state index contributed by atoms with van der Waals surface area (Å²) in [6.45, 7) is 0. The molecule has 2 aromatic carbocycles. The van der Waals surface area contributed by atoms with Crippen LogP contribution in [0.3, 0.4) is 0 Å². The summed E-state index contributed by atoms with van der Waals surface area (Å²) < 4.78 is 20.8. The zero-order valence-electron chi connectivity index (χ0n) is 15.5. The molecule has 1 amide bonds. The fourth-order valence-electron chi connectivity index (χ4n) is 2.35. The number of rotatable bonds is 7. The average molecular weight is 368 g/mol. The molecule has 0 saturated carbocycles. The molecule has 0 aliphatic carbocycles. The molecular weight excluding hydrogens is 348 g/mol. The monoisotopic (exact) mass is 368 g/mol. The Labute approximate surface area is 157 Å². The number of carbonyl (C=O) groups is 1. The first-order valence-electron chi connectivity index (χ1n) is 7.93. The molecule has 0 aliphatic rings. The van der Waals surface area contributed by atoms with Crippen LogP contribution in [-0.2, 0) is 4.79 Å². The van der Waals surface area contributed by atoms with E-state index in [2.05, 4.69) is 5.32 Å². The molecule has 140 valence electrons. The van der Waals surface area contributed by atoms with Gasteiger partial charge in [-0.25, -0.2) is 0 Å². The topological polar surface area (TPSA) is 89.8 Å². The fourth-order valence-corrected chi connectivity index (χ4v) is 2.35. The van der Waals surface area contributed by atoms with Gasteiger partial charge < -0.3 is 24.3 Å². The normalized spacial score (nSPS) is 10.6. The second-order valence-electron chi connectivity index (χ2n) is 5.30. The van der Waals surface area contributed by atoms with Crippen molar-refractivity contribution in [3.63, 3.8) is 0 Å². The van der Waals surface area contributed by atoms with Gasteiger partial charge in [0.15, 0.2) is 11.5 Å². The van der Waals surface area contributed by atoms with Crippen molar-refractivity contribution in [3.8, 4) is 29.1 Å². The molecule has 0 saturated heterocycles. The van der Waals surface area contributed by atoms with Crippen molar-refractivity contribution in [2.24, 2.45) is 0 Å². The fraction of sp³-hybridized carbons (Fsp3) is 0.200. The number of amides is 1. The SMILES string of the molecule is COc1ccc(/C=C(\C#N)C(=O)Nc2ccc(OC)c(OC)c2)c(OC)c1. The van der Waals surface area contributed by atoms with E-state index < -0.39 is 5.91 Å². The van der Waals surface area contributed by atoms with E-state index in [1.807, 2.05) is 6.07 Å². The van der Waals surface area contributed by atoms with Gasteiger partial charge in [0.1, 0.15) is 23.1 Å². The Morgan fingerprint density at radius 3 is 2.22 bits per heavy atom. The number of nitriles is 1. The van der Waals surface area contributed by atoms with Crippen molar-refractivity contribution < 1.29 is 23.7 Å². The molecule has 7 heteroatoms. The molecule has 7 nitrogen and oxygen atoms in total. The third-order valence-electron chi connectivity index (χ3n) is 3.75. The summed E-state index contributed by atoms with van der Waals surface area (Å²) in [6.07, 6.45) is 1.45. The zero-order valence-corrected chi connectivity index (χ0v) is 15.5. The number of hydrogen-bond acceptors (Lipinski definition) is 6. The third-order valence-corrected chi connectivity index (χ3v) is 3.75. The lowest BCUT2D eigenvalue weighted by Gasteiger charge is -2.11. The Kier molecular flexibility index (Phi) is 6.67. The first-order chi connectivity index (χ1) is 13.1. The van der Waals surface area contributed by atoms with Crippen LogP contribution in [-0.4, -0.2) is 34.3 Å². The highest BCUT2D eigenvalue weighted by Crippen LogP contribution is 2.30. The number of ether oxygens (including phenoxy) is 4. The Bertz CT molecular complexity index is 900. The lowest BCUT2D eigenvalue weighted by molar-refractivity contribution is -0.112. The molecule has 0 heterocycles. The molecule has 0 aromatic heterocycles. The molecule has 0 fully saturated rings. The van der Waals surface area contributed by atoms with Gasteiger partial charge in [-0.2, -0.15) is 5.26 Å². The van der Waals surface area contributed by atoms with E-state index in [9.17, 15) is 10.1 Å². The lowest BCUT2D eigenvalue weighted by Crippen LogP contribution is -2.13. The van der Waals surface area contributed by atoms with Crippen molar-refractivity contribution in [2.45, 2.75) is 0 Å². The van der Waals surface area contributed by atoms with Crippen LogP contribution >= 0.6 is 0 Å². The van der Waals surface area contributed by atoms with Gasteiger partial charge in [0.2, 0.25) is 0 Å². The van der Waals surface area contributed by atoms with Gasteiger partial charge in [-0.1, -0.05) is 0 Å². The van der Waals surface area contributed by atoms with Gasteiger partial charge in [-0.3, -0.25) is 4.79 Å². The van der Waals surface area contributed by atoms with Crippen LogP contribution in [0.2, 0.25) is 0 Å². The van der Waals surface area contributed by atoms with Gasteiger partial charge in [0.25, 0.3) is 5.91 Å². The van der Waals surface area contributed by atoms with E-state index >= 15 is 0 Å². The minimum Gasteiger partial charge on any atom is -0.497 e. The van der Waals surface area contributed by atoms with Crippen molar-refractivity contribution in [1.29, 1.82) is 5.26 Å². The molecule has 27 heavy (non-hydrogen) atoms. The molecule has 0 bridgehead atoms. The van der Waals surface area contributed by atoms with Crippen LogP contribution in [0.1, 0.15) is 5.56 Å². The predicted octanol–water partition coefficient (Wildman–Crippen LogP) is 3.27. The number of methoxy groups -OCH3 is 4. The molecule has 0 aliphatic heterocycles. The summed E-state index contributed by atoms with van der Waals surface area (Å²) in [7, 11) is 6.07. The number of nitrogens with one attached hydrogen (secondary N) is 1. The van der Waals surface area contributed by atoms with Crippen LogP contribution in [0.5, 0.6) is 23.0 Å². The second-order valence-corrected chi connectivity index (χ2v) is 5.30. The summed E-state index contributed by atoms with van der Waals surface area (Å²) in [5, 5.41) is 12.1. The maximum absolute atomic E-state index is 12.5. The summed E-state index contributed by atoms with van der Waals surface area (Å²) in [4.78, 5) is 12.5. The van der Waals surface area contributed by atoms with Crippen molar-refractivity contribution in [1.82, 2.24) is 0 Å². The van der Waals surface area contributed by atoms with E-state index in [0.29, 0.717) is 34.2 Å². The zero-order chi connectivity index (χ0) is 19.8. The van der Waals surface area contributed by atoms with Gasteiger partial charge in [0, 0.05) is 23.4 Å². The summed E-state index contributed by atoms with van der Waals surface area (Å²) in [6, 6.07) is 11.9. The lowest BCUT2D eigenvalue weighted by atomic mass is 10.1. The Morgan fingerprint density at radius 2 is 1.63 bits per heavy atom. The van der Waals surface area contributed by atoms with E-state index in [1.54, 1.807) is 43.5 Å². The molecule has 2 rings (SSSR count). The van der Waals surface area contributed by atoms with Gasteiger partial charge in [-0.05, 0) is 30.3 Å². The van der Waals surface area contributed by atoms with E-state index in [1.165, 1.54) is 27.4 Å². The molecule has 0 unspecified atom stereocenters. The van der Waals surface area contributed by atoms with Crippen molar-refractivity contribution in [3.05, 3.63) is 47.5 Å². The largest absolute Gasteiger partial charge is 0.497 e. The molecule has 2 aromatic rings. The quantitative estimate of drug-likeness (QED) is 0.596. The molecule has 0 atom stereocenters. The first kappa shape index (κ1) is 19.7. The van der Waals surface area contributed by atoms with Crippen molar-refractivity contribution >= 4 is 17.7 Å².